The van der Waals surface area contributed by atoms with Crippen LogP contribution in [0.25, 0.3) is 0 Å². The van der Waals surface area contributed by atoms with E-state index in [9.17, 15) is 8.78 Å². The smallest absolute Gasteiger partial charge is 0.387 e. The van der Waals surface area contributed by atoms with Gasteiger partial charge in [-0.2, -0.15) is 8.78 Å². The zero-order valence-corrected chi connectivity index (χ0v) is 8.71. The molecule has 1 aromatic rings. The molecule has 0 radical (unpaired) electrons. The van der Waals surface area contributed by atoms with Crippen LogP contribution in [0.1, 0.15) is 11.6 Å². The quantitative estimate of drug-likeness (QED) is 0.839. The average Bonchev–Trinajstić information content (AvgIpc) is 2.16. The van der Waals surface area contributed by atoms with Crippen LogP contribution in [-0.2, 0) is 0 Å². The van der Waals surface area contributed by atoms with Gasteiger partial charge < -0.3 is 16.2 Å². The van der Waals surface area contributed by atoms with Gasteiger partial charge in [-0.25, -0.2) is 0 Å². The number of nitrogens with two attached hydrogens (primary N) is 2. The number of halogens is 3. The number of hydrogen-bond acceptors (Lipinski definition) is 3. The molecule has 1 rings (SSSR count). The van der Waals surface area contributed by atoms with Gasteiger partial charge >= 0.3 is 6.61 Å². The Hall–Kier alpha value is -0.910. The summed E-state index contributed by atoms with van der Waals surface area (Å²) >= 11 is 0. The van der Waals surface area contributed by atoms with Gasteiger partial charge in [-0.15, -0.1) is 12.4 Å². The first kappa shape index (κ1) is 14.1. The van der Waals surface area contributed by atoms with E-state index in [1.807, 2.05) is 0 Å². The molecule has 0 heterocycles. The molecule has 0 aromatic heterocycles. The molecule has 0 unspecified atom stereocenters. The van der Waals surface area contributed by atoms with E-state index in [1.54, 1.807) is 12.1 Å². The highest BCUT2D eigenvalue weighted by atomic mass is 35.5. The average molecular weight is 239 g/mol. The van der Waals surface area contributed by atoms with Gasteiger partial charge in [-0.05, 0) is 17.7 Å². The largest absolute Gasteiger partial charge is 0.435 e. The van der Waals surface area contributed by atoms with Gasteiger partial charge in [-0.3, -0.25) is 0 Å². The van der Waals surface area contributed by atoms with Crippen molar-refractivity contribution in [1.82, 2.24) is 0 Å². The van der Waals surface area contributed by atoms with Crippen molar-refractivity contribution in [3.05, 3.63) is 29.8 Å². The van der Waals surface area contributed by atoms with Crippen molar-refractivity contribution >= 4 is 12.4 Å². The summed E-state index contributed by atoms with van der Waals surface area (Å²) in [5, 5.41) is 0. The molecule has 86 valence electrons. The minimum atomic E-state index is -2.82. The van der Waals surface area contributed by atoms with Crippen LogP contribution in [0, 0.1) is 0 Å². The van der Waals surface area contributed by atoms with Crippen LogP contribution in [0.15, 0.2) is 24.3 Å². The first-order valence-corrected chi connectivity index (χ1v) is 4.14. The second kappa shape index (κ2) is 6.55. The fourth-order valence-electron chi connectivity index (χ4n) is 1.06. The number of hydrogen-bond donors (Lipinski definition) is 2. The predicted octanol–water partition coefficient (Wildman–Crippen LogP) is 1.67. The zero-order valence-electron chi connectivity index (χ0n) is 7.90. The first-order valence-electron chi connectivity index (χ1n) is 4.14. The molecule has 0 fully saturated rings. The van der Waals surface area contributed by atoms with Gasteiger partial charge in [0.25, 0.3) is 0 Å². The van der Waals surface area contributed by atoms with Crippen molar-refractivity contribution in [1.29, 1.82) is 0 Å². The minimum Gasteiger partial charge on any atom is -0.435 e. The Kier molecular flexibility index (Phi) is 6.15. The molecule has 15 heavy (non-hydrogen) atoms. The van der Waals surface area contributed by atoms with Gasteiger partial charge in [0.2, 0.25) is 0 Å². The highest BCUT2D eigenvalue weighted by Gasteiger charge is 2.07. The predicted molar refractivity (Wildman–Crippen MR) is 56.3 cm³/mol. The van der Waals surface area contributed by atoms with Gasteiger partial charge in [-0.1, -0.05) is 12.1 Å². The first-order chi connectivity index (χ1) is 6.63. The fourth-order valence-corrected chi connectivity index (χ4v) is 1.06. The topological polar surface area (TPSA) is 61.3 Å². The Bertz CT molecular complexity index is 299. The summed E-state index contributed by atoms with van der Waals surface area (Å²) in [7, 11) is 0. The monoisotopic (exact) mass is 238 g/mol. The minimum absolute atomic E-state index is 0. The molecular weight excluding hydrogens is 226 g/mol. The van der Waals surface area contributed by atoms with E-state index >= 15 is 0 Å². The standard InChI is InChI=1S/C9H12F2N2O.ClH/c10-9(11)14-7-3-1-2-6(4-7)8(13)5-12;/h1-4,8-9H,5,12-13H2;1H/t8-;/m1./s1. The van der Waals surface area contributed by atoms with Gasteiger partial charge in [0.15, 0.2) is 0 Å². The lowest BCUT2D eigenvalue weighted by atomic mass is 10.1. The fraction of sp³-hybridized carbons (Fsp3) is 0.333. The SMILES string of the molecule is Cl.NC[C@@H](N)c1cccc(OC(F)F)c1. The van der Waals surface area contributed by atoms with Crippen molar-refractivity contribution in [2.45, 2.75) is 12.7 Å². The summed E-state index contributed by atoms with van der Waals surface area (Å²) in [6.45, 7) is -2.56. The van der Waals surface area contributed by atoms with Gasteiger partial charge in [0.05, 0.1) is 0 Å². The van der Waals surface area contributed by atoms with Crippen LogP contribution >= 0.6 is 12.4 Å². The maximum atomic E-state index is 11.9. The highest BCUT2D eigenvalue weighted by molar-refractivity contribution is 5.85. The van der Waals surface area contributed by atoms with Crippen LogP contribution in [-0.4, -0.2) is 13.2 Å². The lowest BCUT2D eigenvalue weighted by Gasteiger charge is -2.11. The normalized spacial score (nSPS) is 12.1. The molecule has 0 saturated heterocycles. The lowest BCUT2D eigenvalue weighted by Crippen LogP contribution is -2.20. The summed E-state index contributed by atoms with van der Waals surface area (Å²) in [5.41, 5.74) is 11.7. The van der Waals surface area contributed by atoms with E-state index in [2.05, 4.69) is 4.74 Å². The summed E-state index contributed by atoms with van der Waals surface area (Å²) in [6.07, 6.45) is 0. The summed E-state index contributed by atoms with van der Waals surface area (Å²) in [5.74, 6) is 0.0985. The molecule has 1 aromatic carbocycles. The highest BCUT2D eigenvalue weighted by Crippen LogP contribution is 2.18. The van der Waals surface area contributed by atoms with E-state index in [1.165, 1.54) is 12.1 Å². The molecule has 1 atom stereocenters. The molecule has 6 heteroatoms. The summed E-state index contributed by atoms with van der Waals surface area (Å²) in [6, 6.07) is 5.87. The third kappa shape index (κ3) is 4.42. The zero-order chi connectivity index (χ0) is 10.6. The van der Waals surface area contributed by atoms with Crippen molar-refractivity contribution in [2.24, 2.45) is 11.5 Å². The number of rotatable bonds is 4. The Balaban J connectivity index is 0.00000196. The van der Waals surface area contributed by atoms with Gasteiger partial charge in [0.1, 0.15) is 5.75 Å². The van der Waals surface area contributed by atoms with E-state index in [-0.39, 0.29) is 30.7 Å². The number of ether oxygens (including phenoxy) is 1. The van der Waals surface area contributed by atoms with Crippen LogP contribution in [0.5, 0.6) is 5.75 Å². The Morgan fingerprint density at radius 1 is 1.33 bits per heavy atom. The number of benzene rings is 1. The van der Waals surface area contributed by atoms with E-state index in [0.717, 1.165) is 0 Å². The molecule has 3 nitrogen and oxygen atoms in total. The Morgan fingerprint density at radius 2 is 2.00 bits per heavy atom. The molecule has 0 saturated carbocycles. The Morgan fingerprint density at radius 3 is 2.53 bits per heavy atom. The van der Waals surface area contributed by atoms with Crippen molar-refractivity contribution in [3.63, 3.8) is 0 Å². The molecule has 0 aliphatic heterocycles. The lowest BCUT2D eigenvalue weighted by molar-refractivity contribution is -0.0498. The van der Waals surface area contributed by atoms with Crippen LogP contribution in [0.3, 0.4) is 0 Å². The van der Waals surface area contributed by atoms with E-state index in [0.29, 0.717) is 5.56 Å². The maximum absolute atomic E-state index is 11.9. The summed E-state index contributed by atoms with van der Waals surface area (Å²) < 4.78 is 27.9. The van der Waals surface area contributed by atoms with Gasteiger partial charge in [0, 0.05) is 12.6 Å². The maximum Gasteiger partial charge on any atom is 0.387 e. The molecule has 0 aliphatic rings. The third-order valence-corrected chi connectivity index (χ3v) is 1.77. The van der Waals surface area contributed by atoms with Crippen molar-refractivity contribution in [3.8, 4) is 5.75 Å². The molecule has 0 amide bonds. The molecule has 0 bridgehead atoms. The van der Waals surface area contributed by atoms with Crippen LogP contribution < -0.4 is 16.2 Å². The van der Waals surface area contributed by atoms with Crippen molar-refractivity contribution in [2.75, 3.05) is 6.54 Å². The summed E-state index contributed by atoms with van der Waals surface area (Å²) in [4.78, 5) is 0. The number of alkyl halides is 2. The molecule has 0 spiro atoms. The molecule has 0 aliphatic carbocycles. The van der Waals surface area contributed by atoms with Crippen LogP contribution in [0.2, 0.25) is 0 Å². The molecular formula is C9H13ClF2N2O. The molecule has 4 N–H and O–H groups in total. The van der Waals surface area contributed by atoms with Crippen LogP contribution in [0.4, 0.5) is 8.78 Å². The second-order valence-corrected chi connectivity index (χ2v) is 2.79. The van der Waals surface area contributed by atoms with E-state index in [4.69, 9.17) is 11.5 Å². The van der Waals surface area contributed by atoms with Crippen molar-refractivity contribution < 1.29 is 13.5 Å². The Labute approximate surface area is 92.8 Å². The third-order valence-electron chi connectivity index (χ3n) is 1.77. The van der Waals surface area contributed by atoms with E-state index < -0.39 is 6.61 Å². The second-order valence-electron chi connectivity index (χ2n) is 2.79.